The molecular weight excluding hydrogens is 470 g/mol. The fourth-order valence-corrected chi connectivity index (χ4v) is 3.36. The molecule has 10 nitrogen and oxygen atoms in total. The maximum absolute atomic E-state index is 10.7. The number of ether oxygens (including phenoxy) is 1. The van der Waals surface area contributed by atoms with Crippen LogP contribution >= 0.6 is 7.82 Å². The molecule has 1 aromatic carbocycles. The van der Waals surface area contributed by atoms with E-state index in [-0.39, 0.29) is 35.4 Å². The normalized spacial score (nSPS) is 11.1. The first-order chi connectivity index (χ1) is 15.9. The number of nitrogens with two attached hydrogens (primary N) is 1. The van der Waals surface area contributed by atoms with E-state index in [1.54, 1.807) is 30.5 Å². The zero-order valence-corrected chi connectivity index (χ0v) is 21.3. The van der Waals surface area contributed by atoms with Gasteiger partial charge < -0.3 is 28.1 Å². The fraction of sp³-hybridized carbons (Fsp3) is 0.136. The van der Waals surface area contributed by atoms with Gasteiger partial charge in [0.1, 0.15) is 12.2 Å². The average Bonchev–Trinajstić information content (AvgIpc) is 3.26. The van der Waals surface area contributed by atoms with Crippen LogP contribution in [-0.4, -0.2) is 10.1 Å². The van der Waals surface area contributed by atoms with Crippen molar-refractivity contribution in [1.82, 2.24) is 10.1 Å². The van der Waals surface area contributed by atoms with Crippen LogP contribution in [-0.2, 0) is 28.8 Å². The Morgan fingerprint density at radius 3 is 2.53 bits per heavy atom. The van der Waals surface area contributed by atoms with E-state index in [2.05, 4.69) is 14.7 Å². The fourth-order valence-electron chi connectivity index (χ4n) is 3.09. The number of nitrogens with zero attached hydrogens (tertiary/aromatic N) is 3. The van der Waals surface area contributed by atoms with E-state index in [1.807, 2.05) is 36.4 Å². The summed E-state index contributed by atoms with van der Waals surface area (Å²) in [5, 5.41) is 4.09. The minimum absolute atomic E-state index is 0. The predicted molar refractivity (Wildman–Crippen MR) is 113 cm³/mol. The van der Waals surface area contributed by atoms with Gasteiger partial charge in [0.15, 0.2) is 12.5 Å². The van der Waals surface area contributed by atoms with Gasteiger partial charge in [0.25, 0.3) is 5.82 Å². The molecule has 0 atom stereocenters. The quantitative estimate of drug-likeness (QED) is 0.169. The molecule has 0 spiro atoms. The number of hydrogen-bond acceptors (Lipinski definition) is 9. The van der Waals surface area contributed by atoms with Crippen LogP contribution in [0.3, 0.4) is 0 Å². The first kappa shape index (κ1) is 26.1. The smallest absolute Gasteiger partial charge is 0.790 e. The van der Waals surface area contributed by atoms with Crippen molar-refractivity contribution >= 4 is 13.6 Å². The molecule has 0 aliphatic heterocycles. The molecule has 4 rings (SSSR count). The SMILES string of the molecule is Nc1c(-c2cc(Cc3ccc(COc4ccccn4)cc3)no2)ccc[n+]1COP(=O)([O-])[O-].[Na+]. The minimum atomic E-state index is -5.12. The van der Waals surface area contributed by atoms with Crippen LogP contribution in [0.25, 0.3) is 11.3 Å². The number of phosphoric ester groups is 1. The van der Waals surface area contributed by atoms with E-state index in [0.717, 1.165) is 11.1 Å². The maximum atomic E-state index is 10.7. The van der Waals surface area contributed by atoms with E-state index < -0.39 is 14.6 Å². The molecule has 0 aliphatic carbocycles. The molecule has 3 aromatic heterocycles. The van der Waals surface area contributed by atoms with E-state index >= 15 is 0 Å². The number of rotatable bonds is 9. The monoisotopic (exact) mass is 490 g/mol. The summed E-state index contributed by atoms with van der Waals surface area (Å²) in [6.07, 6.45) is 3.71. The molecular formula is C22H20N4NaO6P. The molecule has 0 bridgehead atoms. The van der Waals surface area contributed by atoms with Gasteiger partial charge in [-0.1, -0.05) is 35.5 Å². The zero-order valence-electron chi connectivity index (χ0n) is 18.4. The third kappa shape index (κ3) is 7.22. The Bertz CT molecular complexity index is 1260. The topological polar surface area (TPSA) is 150 Å². The van der Waals surface area contributed by atoms with Crippen molar-refractivity contribution in [3.63, 3.8) is 0 Å². The second-order valence-electron chi connectivity index (χ2n) is 7.11. The molecule has 0 saturated heterocycles. The summed E-state index contributed by atoms with van der Waals surface area (Å²) in [4.78, 5) is 25.6. The molecule has 0 saturated carbocycles. The molecule has 0 unspecified atom stereocenters. The van der Waals surface area contributed by atoms with E-state index in [1.165, 1.54) is 10.8 Å². The molecule has 0 amide bonds. The Hall–Kier alpha value is -2.56. The zero-order chi connectivity index (χ0) is 23.3. The Kier molecular flexibility index (Phi) is 8.98. The molecule has 0 fully saturated rings. The Balaban J connectivity index is 0.00000324. The van der Waals surface area contributed by atoms with Crippen LogP contribution in [0.1, 0.15) is 16.8 Å². The average molecular weight is 490 g/mol. The summed E-state index contributed by atoms with van der Waals surface area (Å²) in [5.41, 5.74) is 9.30. The van der Waals surface area contributed by atoms with Gasteiger partial charge in [-0.15, -0.1) is 0 Å². The third-order valence-electron chi connectivity index (χ3n) is 4.73. The number of phosphoric acid groups is 1. The molecule has 34 heavy (non-hydrogen) atoms. The van der Waals surface area contributed by atoms with Crippen molar-refractivity contribution in [3.8, 4) is 17.2 Å². The first-order valence-electron chi connectivity index (χ1n) is 9.89. The van der Waals surface area contributed by atoms with Crippen molar-refractivity contribution in [3.05, 3.63) is 89.9 Å². The number of anilines is 1. The van der Waals surface area contributed by atoms with Gasteiger partial charge in [-0.05, 0) is 29.3 Å². The van der Waals surface area contributed by atoms with E-state index in [9.17, 15) is 14.4 Å². The number of aromatic nitrogens is 3. The summed E-state index contributed by atoms with van der Waals surface area (Å²) >= 11 is 0. The van der Waals surface area contributed by atoms with Gasteiger partial charge in [-0.2, -0.15) is 0 Å². The van der Waals surface area contributed by atoms with Crippen LogP contribution in [0, 0.1) is 0 Å². The van der Waals surface area contributed by atoms with Gasteiger partial charge in [0.2, 0.25) is 5.88 Å². The molecule has 0 radical (unpaired) electrons. The van der Waals surface area contributed by atoms with E-state index in [0.29, 0.717) is 35.9 Å². The number of hydrogen-bond donors (Lipinski definition) is 1. The summed E-state index contributed by atoms with van der Waals surface area (Å²) < 4.78 is 27.4. The van der Waals surface area contributed by atoms with Gasteiger partial charge in [-0.3, -0.25) is 5.73 Å². The number of benzene rings is 1. The standard InChI is InChI=1S/C22H21N4O6P.Na/c23-22-19(4-3-11-26(22)15-31-33(27,28)29)20-13-18(25-32-20)12-16-6-8-17(9-7-16)14-30-21-5-1-2-10-24-21;/h1-11,13,23H,12,14-15H2,(H2,27,28,29);/q;+1/p-1. The summed E-state index contributed by atoms with van der Waals surface area (Å²) in [7, 11) is -5.12. The van der Waals surface area contributed by atoms with Gasteiger partial charge >= 0.3 is 29.6 Å². The van der Waals surface area contributed by atoms with Crippen molar-refractivity contribution in [1.29, 1.82) is 0 Å². The summed E-state index contributed by atoms with van der Waals surface area (Å²) in [6.45, 7) is -0.113. The second kappa shape index (κ2) is 11.7. The van der Waals surface area contributed by atoms with Crippen LogP contribution in [0.4, 0.5) is 5.82 Å². The minimum Gasteiger partial charge on any atom is -0.790 e. The van der Waals surface area contributed by atoms with E-state index in [4.69, 9.17) is 15.0 Å². The number of nitrogen functional groups attached to an aromatic ring is 1. The Labute approximate surface area is 217 Å². The van der Waals surface area contributed by atoms with Crippen molar-refractivity contribution < 1.29 is 62.3 Å². The molecule has 2 N–H and O–H groups in total. The van der Waals surface area contributed by atoms with Crippen LogP contribution in [0.2, 0.25) is 0 Å². The van der Waals surface area contributed by atoms with Crippen molar-refractivity contribution in [2.45, 2.75) is 19.8 Å². The molecule has 170 valence electrons. The maximum Gasteiger partial charge on any atom is 1.00 e. The molecule has 4 aromatic rings. The van der Waals surface area contributed by atoms with Crippen molar-refractivity contribution in [2.24, 2.45) is 0 Å². The van der Waals surface area contributed by atoms with Gasteiger partial charge in [0, 0.05) is 24.8 Å². The first-order valence-corrected chi connectivity index (χ1v) is 11.4. The van der Waals surface area contributed by atoms with Gasteiger partial charge in [-0.25, -0.2) is 9.55 Å². The van der Waals surface area contributed by atoms with Crippen LogP contribution in [0.15, 0.2) is 77.6 Å². The van der Waals surface area contributed by atoms with Crippen LogP contribution < -0.4 is 54.4 Å². The predicted octanol–water partition coefficient (Wildman–Crippen LogP) is -1.42. The van der Waals surface area contributed by atoms with Gasteiger partial charge in [0.05, 0.1) is 19.7 Å². The Morgan fingerprint density at radius 2 is 1.82 bits per heavy atom. The molecule has 12 heteroatoms. The summed E-state index contributed by atoms with van der Waals surface area (Å²) in [6, 6.07) is 18.5. The molecule has 0 aliphatic rings. The Morgan fingerprint density at radius 1 is 1.06 bits per heavy atom. The van der Waals surface area contributed by atoms with Crippen LogP contribution in [0.5, 0.6) is 5.88 Å². The second-order valence-corrected chi connectivity index (χ2v) is 8.27. The van der Waals surface area contributed by atoms with Crippen molar-refractivity contribution in [2.75, 3.05) is 5.73 Å². The summed E-state index contributed by atoms with van der Waals surface area (Å²) in [5.74, 6) is 1.15. The largest absolute Gasteiger partial charge is 1.00 e. The third-order valence-corrected chi connectivity index (χ3v) is 5.16. The number of pyridine rings is 2. The molecule has 3 heterocycles.